The number of amides is 1. The third-order valence-electron chi connectivity index (χ3n) is 3.13. The van der Waals surface area contributed by atoms with E-state index in [-0.39, 0.29) is 11.2 Å². The number of imidazole rings is 1. The van der Waals surface area contributed by atoms with Gasteiger partial charge in [0.15, 0.2) is 5.16 Å². The molecular weight excluding hydrogens is 270 g/mol. The summed E-state index contributed by atoms with van der Waals surface area (Å²) in [5.74, 6) is 0.176. The summed E-state index contributed by atoms with van der Waals surface area (Å²) in [5, 5.41) is 0.472. The lowest BCUT2D eigenvalue weighted by Gasteiger charge is -2.11. The van der Waals surface area contributed by atoms with Crippen molar-refractivity contribution >= 4 is 17.7 Å². The maximum absolute atomic E-state index is 11.2. The molecule has 2 N–H and O–H groups in total. The molecule has 0 aliphatic heterocycles. The molecule has 0 aliphatic rings. The zero-order valence-corrected chi connectivity index (χ0v) is 12.7. The fourth-order valence-electron chi connectivity index (χ4n) is 1.81. The largest absolute Gasteiger partial charge is 0.369 e. The SMILES string of the molecule is CC(C)c1ccc(-n2ccnc2S[C@@H](C)C(N)=O)cc1. The summed E-state index contributed by atoms with van der Waals surface area (Å²) in [6.07, 6.45) is 3.62. The molecule has 0 saturated heterocycles. The van der Waals surface area contributed by atoms with Crippen molar-refractivity contribution in [1.29, 1.82) is 0 Å². The average molecular weight is 289 g/mol. The molecule has 0 spiro atoms. The van der Waals surface area contributed by atoms with Gasteiger partial charge in [0.2, 0.25) is 5.91 Å². The molecule has 20 heavy (non-hydrogen) atoms. The van der Waals surface area contributed by atoms with Gasteiger partial charge in [0.1, 0.15) is 0 Å². The van der Waals surface area contributed by atoms with Gasteiger partial charge in [-0.2, -0.15) is 0 Å². The molecule has 0 fully saturated rings. The zero-order valence-electron chi connectivity index (χ0n) is 11.9. The molecule has 2 rings (SSSR count). The highest BCUT2D eigenvalue weighted by Crippen LogP contribution is 2.25. The van der Waals surface area contributed by atoms with E-state index in [1.807, 2.05) is 10.8 Å². The smallest absolute Gasteiger partial charge is 0.230 e. The van der Waals surface area contributed by atoms with Gasteiger partial charge >= 0.3 is 0 Å². The minimum atomic E-state index is -0.334. The van der Waals surface area contributed by atoms with Crippen LogP contribution in [-0.2, 0) is 4.79 Å². The molecule has 1 aromatic heterocycles. The Kier molecular flexibility index (Phi) is 4.49. The summed E-state index contributed by atoms with van der Waals surface area (Å²) in [4.78, 5) is 15.4. The Morgan fingerprint density at radius 1 is 1.25 bits per heavy atom. The number of nitrogens with zero attached hydrogens (tertiary/aromatic N) is 2. The van der Waals surface area contributed by atoms with E-state index in [1.165, 1.54) is 17.3 Å². The zero-order chi connectivity index (χ0) is 14.7. The summed E-state index contributed by atoms with van der Waals surface area (Å²) in [5.41, 5.74) is 7.63. The first-order chi connectivity index (χ1) is 9.49. The van der Waals surface area contributed by atoms with Crippen LogP contribution in [0.3, 0.4) is 0 Å². The van der Waals surface area contributed by atoms with Crippen LogP contribution in [0.1, 0.15) is 32.3 Å². The molecule has 0 radical (unpaired) electrons. The Balaban J connectivity index is 2.25. The molecule has 0 saturated carbocycles. The van der Waals surface area contributed by atoms with Crippen LogP contribution < -0.4 is 5.73 Å². The normalized spacial score (nSPS) is 12.6. The molecule has 1 aromatic carbocycles. The summed E-state index contributed by atoms with van der Waals surface area (Å²) >= 11 is 1.37. The van der Waals surface area contributed by atoms with E-state index >= 15 is 0 Å². The van der Waals surface area contributed by atoms with Crippen molar-refractivity contribution < 1.29 is 4.79 Å². The number of aromatic nitrogens is 2. The van der Waals surface area contributed by atoms with E-state index in [0.717, 1.165) is 10.8 Å². The van der Waals surface area contributed by atoms with Gasteiger partial charge in [0.05, 0.1) is 5.25 Å². The number of thioether (sulfide) groups is 1. The third kappa shape index (κ3) is 3.22. The van der Waals surface area contributed by atoms with E-state index in [9.17, 15) is 4.79 Å². The first kappa shape index (κ1) is 14.7. The second kappa shape index (κ2) is 6.13. The number of carbonyl (C=O) groups is 1. The van der Waals surface area contributed by atoms with E-state index in [4.69, 9.17) is 5.73 Å². The van der Waals surface area contributed by atoms with E-state index in [1.54, 1.807) is 13.1 Å². The van der Waals surface area contributed by atoms with Crippen LogP contribution in [0, 0.1) is 0 Å². The van der Waals surface area contributed by atoms with Crippen LogP contribution in [0.2, 0.25) is 0 Å². The predicted molar refractivity (Wildman–Crippen MR) is 82.2 cm³/mol. The number of benzene rings is 1. The maximum atomic E-state index is 11.2. The standard InChI is InChI=1S/C15H19N3OS/c1-10(2)12-4-6-13(7-5-12)18-9-8-17-15(18)20-11(3)14(16)19/h4-11H,1-3H3,(H2,16,19)/t11-/m0/s1. The monoisotopic (exact) mass is 289 g/mol. The molecule has 1 heterocycles. The maximum Gasteiger partial charge on any atom is 0.230 e. The van der Waals surface area contributed by atoms with Crippen molar-refractivity contribution in [3.05, 3.63) is 42.2 Å². The highest BCUT2D eigenvalue weighted by Gasteiger charge is 2.14. The Morgan fingerprint density at radius 2 is 1.90 bits per heavy atom. The Labute approximate surface area is 123 Å². The fourth-order valence-corrected chi connectivity index (χ4v) is 2.64. The molecule has 106 valence electrons. The van der Waals surface area contributed by atoms with Crippen molar-refractivity contribution in [2.24, 2.45) is 5.73 Å². The van der Waals surface area contributed by atoms with Gasteiger partial charge in [-0.15, -0.1) is 0 Å². The summed E-state index contributed by atoms with van der Waals surface area (Å²) < 4.78 is 1.97. The lowest BCUT2D eigenvalue weighted by Crippen LogP contribution is -2.22. The van der Waals surface area contributed by atoms with Crippen molar-refractivity contribution in [1.82, 2.24) is 9.55 Å². The van der Waals surface area contributed by atoms with E-state index in [2.05, 4.69) is 43.1 Å². The molecular formula is C15H19N3OS. The first-order valence-corrected chi connectivity index (χ1v) is 7.46. The Hall–Kier alpha value is -1.75. The van der Waals surface area contributed by atoms with E-state index < -0.39 is 0 Å². The Bertz CT molecular complexity index is 589. The average Bonchev–Trinajstić information content (AvgIpc) is 2.86. The summed E-state index contributed by atoms with van der Waals surface area (Å²) in [7, 11) is 0. The number of primary amides is 1. The predicted octanol–water partition coefficient (Wildman–Crippen LogP) is 2.96. The number of carbonyl (C=O) groups excluding carboxylic acids is 1. The number of rotatable bonds is 5. The Morgan fingerprint density at radius 3 is 2.45 bits per heavy atom. The van der Waals surface area contributed by atoms with Crippen LogP contribution in [0.4, 0.5) is 0 Å². The molecule has 1 amide bonds. The molecule has 4 nitrogen and oxygen atoms in total. The first-order valence-electron chi connectivity index (χ1n) is 6.58. The van der Waals surface area contributed by atoms with Gasteiger partial charge in [-0.1, -0.05) is 37.7 Å². The second-order valence-corrected chi connectivity index (χ2v) is 6.30. The van der Waals surface area contributed by atoms with Crippen molar-refractivity contribution in [2.45, 2.75) is 37.1 Å². The van der Waals surface area contributed by atoms with Gasteiger partial charge in [-0.05, 0) is 30.5 Å². The highest BCUT2D eigenvalue weighted by atomic mass is 32.2. The van der Waals surface area contributed by atoms with Crippen molar-refractivity contribution in [2.75, 3.05) is 0 Å². The number of hydrogen-bond acceptors (Lipinski definition) is 3. The topological polar surface area (TPSA) is 60.9 Å². The molecule has 2 aromatic rings. The van der Waals surface area contributed by atoms with Gasteiger partial charge in [0.25, 0.3) is 0 Å². The third-order valence-corrected chi connectivity index (χ3v) is 4.23. The summed E-state index contributed by atoms with van der Waals surface area (Å²) in [6, 6.07) is 8.37. The van der Waals surface area contributed by atoms with Gasteiger partial charge < -0.3 is 5.73 Å². The molecule has 1 atom stereocenters. The lowest BCUT2D eigenvalue weighted by atomic mass is 10.0. The van der Waals surface area contributed by atoms with Crippen LogP contribution in [0.25, 0.3) is 5.69 Å². The molecule has 0 bridgehead atoms. The van der Waals surface area contributed by atoms with Gasteiger partial charge in [-0.25, -0.2) is 4.98 Å². The lowest BCUT2D eigenvalue weighted by molar-refractivity contribution is -0.117. The summed E-state index contributed by atoms with van der Waals surface area (Å²) in [6.45, 7) is 6.12. The number of hydrogen-bond donors (Lipinski definition) is 1. The van der Waals surface area contributed by atoms with Gasteiger partial charge in [0, 0.05) is 18.1 Å². The van der Waals surface area contributed by atoms with Crippen molar-refractivity contribution in [3.63, 3.8) is 0 Å². The highest BCUT2D eigenvalue weighted by molar-refractivity contribution is 8.00. The van der Waals surface area contributed by atoms with Crippen LogP contribution in [0.5, 0.6) is 0 Å². The quantitative estimate of drug-likeness (QED) is 0.861. The van der Waals surface area contributed by atoms with Crippen molar-refractivity contribution in [3.8, 4) is 5.69 Å². The van der Waals surface area contributed by atoms with Crippen LogP contribution in [-0.4, -0.2) is 20.7 Å². The van der Waals surface area contributed by atoms with Gasteiger partial charge in [-0.3, -0.25) is 9.36 Å². The second-order valence-electron chi connectivity index (χ2n) is 4.99. The van der Waals surface area contributed by atoms with Crippen LogP contribution >= 0.6 is 11.8 Å². The van der Waals surface area contributed by atoms with Crippen LogP contribution in [0.15, 0.2) is 41.8 Å². The number of nitrogens with two attached hydrogens (primary N) is 1. The minimum absolute atomic E-state index is 0.300. The fraction of sp³-hybridized carbons (Fsp3) is 0.333. The minimum Gasteiger partial charge on any atom is -0.369 e. The van der Waals surface area contributed by atoms with E-state index in [0.29, 0.717) is 5.92 Å². The molecule has 0 unspecified atom stereocenters. The molecule has 5 heteroatoms. The molecule has 0 aliphatic carbocycles.